The number of nitrogen functional groups attached to an aromatic ring is 1. The number of ether oxygens (including phenoxy) is 2. The lowest BCUT2D eigenvalue weighted by Gasteiger charge is -2.17. The third-order valence-corrected chi connectivity index (χ3v) is 4.91. The van der Waals surface area contributed by atoms with Crippen molar-refractivity contribution in [2.24, 2.45) is 5.73 Å². The number of carbonyl (C=O) groups excluding carboxylic acids is 1. The van der Waals surface area contributed by atoms with Gasteiger partial charge in [-0.05, 0) is 48.4 Å². The number of halogens is 4. The number of hydrogen-bond acceptors (Lipinski definition) is 7. The van der Waals surface area contributed by atoms with Gasteiger partial charge in [0.05, 0.1) is 19.2 Å². The molecule has 0 aliphatic rings. The summed E-state index contributed by atoms with van der Waals surface area (Å²) in [5.41, 5.74) is 11.2. The van der Waals surface area contributed by atoms with Crippen LogP contribution in [0.2, 0.25) is 0 Å². The van der Waals surface area contributed by atoms with Crippen molar-refractivity contribution in [1.29, 1.82) is 0 Å². The molecule has 1 aromatic heterocycles. The number of methoxy groups -OCH3 is 1. The molecule has 1 atom stereocenters. The molecule has 5 N–H and O–H groups in total. The summed E-state index contributed by atoms with van der Waals surface area (Å²) in [6.45, 7) is 1.24. The monoisotopic (exact) mass is 494 g/mol. The molecule has 1 unspecified atom stereocenters. The molecule has 3 aromatic rings. The number of nitrogens with two attached hydrogens (primary N) is 2. The predicted octanol–water partition coefficient (Wildman–Crippen LogP) is 3.19. The van der Waals surface area contributed by atoms with E-state index in [1.165, 1.54) is 19.2 Å². The van der Waals surface area contributed by atoms with Gasteiger partial charge in [0.2, 0.25) is 11.8 Å². The minimum Gasteiger partial charge on any atom is -0.497 e. The number of aromatic nitrogens is 3. The van der Waals surface area contributed by atoms with Crippen LogP contribution in [0.4, 0.5) is 23.5 Å². The molecule has 1 amide bonds. The van der Waals surface area contributed by atoms with Gasteiger partial charge in [0.15, 0.2) is 5.70 Å². The maximum Gasteiger partial charge on any atom is 0.416 e. The van der Waals surface area contributed by atoms with Crippen molar-refractivity contribution in [3.8, 4) is 11.5 Å². The number of rotatable bonds is 8. The van der Waals surface area contributed by atoms with Crippen LogP contribution in [0.5, 0.6) is 11.5 Å². The summed E-state index contributed by atoms with van der Waals surface area (Å²) in [6.07, 6.45) is -5.16. The fourth-order valence-electron chi connectivity index (χ4n) is 3.17. The standard InChI is InChI=1S/C22H22F4N6O3/c1-12-8-14(34-2)6-7-16(12)17(23)10-29-20(33)18(32-11-30-31-21(32)28)19(27)35-15-5-3-4-13(9-15)22(24,25)26/h3-9,11,17H,10,27H2,1-2H3,(H2,28,31)(H,29,33)/b19-18+. The van der Waals surface area contributed by atoms with Crippen molar-refractivity contribution in [2.45, 2.75) is 19.3 Å². The minimum absolute atomic E-state index is 0.256. The lowest BCUT2D eigenvalue weighted by atomic mass is 10.0. The van der Waals surface area contributed by atoms with Crippen molar-refractivity contribution in [2.75, 3.05) is 19.4 Å². The van der Waals surface area contributed by atoms with E-state index >= 15 is 0 Å². The van der Waals surface area contributed by atoms with E-state index in [1.54, 1.807) is 19.1 Å². The molecule has 3 rings (SSSR count). The average molecular weight is 494 g/mol. The summed E-state index contributed by atoms with van der Waals surface area (Å²) in [6, 6.07) is 8.66. The summed E-state index contributed by atoms with van der Waals surface area (Å²) >= 11 is 0. The first-order valence-corrected chi connectivity index (χ1v) is 10.1. The Labute approximate surface area is 197 Å². The molecule has 2 aromatic carbocycles. The van der Waals surface area contributed by atoms with Crippen molar-refractivity contribution in [3.63, 3.8) is 0 Å². The summed E-state index contributed by atoms with van der Waals surface area (Å²) in [7, 11) is 1.48. The highest BCUT2D eigenvalue weighted by atomic mass is 19.4. The third kappa shape index (κ3) is 5.99. The second-order valence-electron chi connectivity index (χ2n) is 7.30. The molecule has 0 aliphatic carbocycles. The van der Waals surface area contributed by atoms with Crippen molar-refractivity contribution < 1.29 is 31.8 Å². The fourth-order valence-corrected chi connectivity index (χ4v) is 3.17. The second kappa shape index (κ2) is 10.3. The largest absolute Gasteiger partial charge is 0.497 e. The van der Waals surface area contributed by atoms with Crippen molar-refractivity contribution in [1.82, 2.24) is 20.1 Å². The first-order chi connectivity index (χ1) is 16.5. The summed E-state index contributed by atoms with van der Waals surface area (Å²) in [5.74, 6) is -1.52. The average Bonchev–Trinajstić information content (AvgIpc) is 3.22. The number of benzene rings is 2. The molecule has 1 heterocycles. The van der Waals surface area contributed by atoms with E-state index in [9.17, 15) is 22.4 Å². The fraction of sp³-hybridized carbons (Fsp3) is 0.227. The Kier molecular flexibility index (Phi) is 7.47. The Balaban J connectivity index is 1.85. The zero-order chi connectivity index (χ0) is 25.8. The van der Waals surface area contributed by atoms with Crippen LogP contribution in [0.3, 0.4) is 0 Å². The van der Waals surface area contributed by atoms with Gasteiger partial charge in [-0.2, -0.15) is 13.2 Å². The van der Waals surface area contributed by atoms with Crippen LogP contribution in [-0.4, -0.2) is 34.3 Å². The molecule has 186 valence electrons. The zero-order valence-corrected chi connectivity index (χ0v) is 18.6. The quantitative estimate of drug-likeness (QED) is 0.249. The lowest BCUT2D eigenvalue weighted by molar-refractivity contribution is -0.137. The number of amides is 1. The SMILES string of the molecule is COc1ccc(C(F)CNC(=O)/C(=C(/N)Oc2cccc(C(F)(F)F)c2)n2cnnc2N)c(C)c1. The molecule has 0 bridgehead atoms. The molecule has 0 aliphatic heterocycles. The second-order valence-corrected chi connectivity index (χ2v) is 7.30. The molecule has 0 fully saturated rings. The number of aryl methyl sites for hydroxylation is 1. The molecule has 0 radical (unpaired) electrons. The Morgan fingerprint density at radius 3 is 2.54 bits per heavy atom. The normalized spacial score (nSPS) is 13.1. The van der Waals surface area contributed by atoms with E-state index in [-0.39, 0.29) is 11.7 Å². The highest BCUT2D eigenvalue weighted by Gasteiger charge is 2.31. The van der Waals surface area contributed by atoms with Gasteiger partial charge < -0.3 is 26.3 Å². The van der Waals surface area contributed by atoms with Crippen LogP contribution in [0.15, 0.2) is 54.7 Å². The molecular formula is C22H22F4N6O3. The summed E-state index contributed by atoms with van der Waals surface area (Å²) in [4.78, 5) is 12.9. The highest BCUT2D eigenvalue weighted by molar-refractivity contribution is 6.14. The van der Waals surface area contributed by atoms with Crippen LogP contribution in [0, 0.1) is 6.92 Å². The van der Waals surface area contributed by atoms with Gasteiger partial charge in [-0.1, -0.05) is 12.1 Å². The molecule has 0 saturated heterocycles. The lowest BCUT2D eigenvalue weighted by Crippen LogP contribution is -2.32. The van der Waals surface area contributed by atoms with Crippen LogP contribution in [-0.2, 0) is 11.0 Å². The van der Waals surface area contributed by atoms with E-state index in [0.29, 0.717) is 22.9 Å². The molecule has 9 nitrogen and oxygen atoms in total. The molecule has 13 heteroatoms. The van der Waals surface area contributed by atoms with Gasteiger partial charge >= 0.3 is 6.18 Å². The summed E-state index contributed by atoms with van der Waals surface area (Å²) < 4.78 is 65.3. The molecule has 0 spiro atoms. The number of nitrogens with one attached hydrogen (secondary N) is 1. The Morgan fingerprint density at radius 2 is 1.94 bits per heavy atom. The minimum atomic E-state index is -4.62. The van der Waals surface area contributed by atoms with Crippen molar-refractivity contribution in [3.05, 3.63) is 71.4 Å². The summed E-state index contributed by atoms with van der Waals surface area (Å²) in [5, 5.41) is 9.50. The van der Waals surface area contributed by atoms with Gasteiger partial charge in [-0.25, -0.2) is 4.39 Å². The first-order valence-electron chi connectivity index (χ1n) is 10.1. The van der Waals surface area contributed by atoms with E-state index < -0.39 is 41.9 Å². The van der Waals surface area contributed by atoms with E-state index in [4.69, 9.17) is 20.9 Å². The Bertz CT molecular complexity index is 1240. The highest BCUT2D eigenvalue weighted by Crippen LogP contribution is 2.32. The predicted molar refractivity (Wildman–Crippen MR) is 118 cm³/mol. The number of alkyl halides is 4. The maximum absolute atomic E-state index is 14.9. The zero-order valence-electron chi connectivity index (χ0n) is 18.6. The van der Waals surface area contributed by atoms with E-state index in [1.807, 2.05) is 0 Å². The van der Waals surface area contributed by atoms with Crippen LogP contribution >= 0.6 is 0 Å². The first kappa shape index (κ1) is 25.3. The van der Waals surface area contributed by atoms with E-state index in [2.05, 4.69) is 15.5 Å². The van der Waals surface area contributed by atoms with Gasteiger partial charge in [0.1, 0.15) is 24.0 Å². The topological polar surface area (TPSA) is 130 Å². The number of hydrogen-bond donors (Lipinski definition) is 3. The van der Waals surface area contributed by atoms with Gasteiger partial charge in [-0.3, -0.25) is 9.36 Å². The smallest absolute Gasteiger partial charge is 0.416 e. The third-order valence-electron chi connectivity index (χ3n) is 4.91. The van der Waals surface area contributed by atoms with Crippen LogP contribution in [0.1, 0.15) is 22.9 Å². The van der Waals surface area contributed by atoms with Crippen LogP contribution < -0.4 is 26.3 Å². The molecule has 0 saturated carbocycles. The van der Waals surface area contributed by atoms with Gasteiger partial charge in [0.25, 0.3) is 5.91 Å². The number of nitrogens with zero attached hydrogens (tertiary/aromatic N) is 3. The number of carbonyl (C=O) groups is 1. The van der Waals surface area contributed by atoms with Crippen molar-refractivity contribution >= 4 is 17.6 Å². The Morgan fingerprint density at radius 1 is 1.20 bits per heavy atom. The van der Waals surface area contributed by atoms with Gasteiger partial charge in [-0.15, -0.1) is 10.2 Å². The molecule has 35 heavy (non-hydrogen) atoms. The van der Waals surface area contributed by atoms with Crippen LogP contribution in [0.25, 0.3) is 5.70 Å². The maximum atomic E-state index is 14.9. The Hall–Kier alpha value is -4.29. The molecular weight excluding hydrogens is 472 g/mol. The van der Waals surface area contributed by atoms with E-state index in [0.717, 1.165) is 23.0 Å². The van der Waals surface area contributed by atoms with Gasteiger partial charge in [0, 0.05) is 0 Å². The number of anilines is 1.